The van der Waals surface area contributed by atoms with E-state index in [0.29, 0.717) is 10.6 Å². The number of anilines is 1. The molecular weight excluding hydrogens is 373 g/mol. The summed E-state index contributed by atoms with van der Waals surface area (Å²) in [5.74, 6) is -0.544. The Bertz CT molecular complexity index is 534. The Morgan fingerprint density at radius 2 is 1.88 bits per heavy atom. The van der Waals surface area contributed by atoms with Gasteiger partial charge in [-0.05, 0) is 62.2 Å². The van der Waals surface area contributed by atoms with Crippen LogP contribution in [0.5, 0.6) is 0 Å². The van der Waals surface area contributed by atoms with Crippen molar-refractivity contribution in [1.29, 1.82) is 0 Å². The quantitative estimate of drug-likeness (QED) is 0.808. The van der Waals surface area contributed by atoms with E-state index in [9.17, 15) is 9.18 Å². The summed E-state index contributed by atoms with van der Waals surface area (Å²) in [4.78, 5) is 12.4. The second-order valence-corrected chi connectivity index (χ2v) is 6.42. The van der Waals surface area contributed by atoms with Crippen LogP contribution in [-0.4, -0.2) is 5.91 Å². The maximum absolute atomic E-state index is 12.7. The van der Waals surface area contributed by atoms with Gasteiger partial charge in [-0.1, -0.05) is 0 Å². The summed E-state index contributed by atoms with van der Waals surface area (Å²) < 4.78 is 14.4. The van der Waals surface area contributed by atoms with Crippen molar-refractivity contribution in [2.45, 2.75) is 0 Å². The van der Waals surface area contributed by atoms with Crippen molar-refractivity contribution in [1.82, 2.24) is 0 Å². The SMILES string of the molecule is O=C(Nc1ccc(F)cc1)c1cc(Br)c(Br)s1. The molecule has 0 radical (unpaired) electrons. The lowest BCUT2D eigenvalue weighted by molar-refractivity contribution is 0.103. The number of rotatable bonds is 2. The van der Waals surface area contributed by atoms with Crippen molar-refractivity contribution in [3.63, 3.8) is 0 Å². The molecule has 1 N–H and O–H groups in total. The van der Waals surface area contributed by atoms with Gasteiger partial charge in [-0.15, -0.1) is 11.3 Å². The molecule has 0 atom stereocenters. The van der Waals surface area contributed by atoms with Gasteiger partial charge in [0.25, 0.3) is 5.91 Å². The van der Waals surface area contributed by atoms with E-state index in [4.69, 9.17) is 0 Å². The van der Waals surface area contributed by atoms with Gasteiger partial charge in [0, 0.05) is 10.2 Å². The van der Waals surface area contributed by atoms with E-state index in [-0.39, 0.29) is 11.7 Å². The molecule has 0 saturated carbocycles. The maximum atomic E-state index is 12.7. The second kappa shape index (κ2) is 5.29. The Morgan fingerprint density at radius 3 is 2.41 bits per heavy atom. The summed E-state index contributed by atoms with van der Waals surface area (Å²) in [5.41, 5.74) is 0.567. The van der Waals surface area contributed by atoms with Crippen LogP contribution in [0.15, 0.2) is 38.6 Å². The van der Waals surface area contributed by atoms with Gasteiger partial charge in [0.2, 0.25) is 0 Å². The zero-order chi connectivity index (χ0) is 12.4. The standard InChI is InChI=1S/C11H6Br2FNOS/c12-8-5-9(17-10(8)13)11(16)15-7-3-1-6(14)2-4-7/h1-5H,(H,15,16). The molecule has 1 aromatic heterocycles. The monoisotopic (exact) mass is 377 g/mol. The van der Waals surface area contributed by atoms with Crippen molar-refractivity contribution in [2.24, 2.45) is 0 Å². The molecule has 88 valence electrons. The Morgan fingerprint density at radius 1 is 1.24 bits per heavy atom. The molecule has 0 fully saturated rings. The topological polar surface area (TPSA) is 29.1 Å². The second-order valence-electron chi connectivity index (χ2n) is 3.19. The highest BCUT2D eigenvalue weighted by Crippen LogP contribution is 2.32. The predicted octanol–water partition coefficient (Wildman–Crippen LogP) is 4.66. The van der Waals surface area contributed by atoms with Crippen LogP contribution in [0.4, 0.5) is 10.1 Å². The predicted molar refractivity (Wildman–Crippen MR) is 74.1 cm³/mol. The number of hydrogen-bond donors (Lipinski definition) is 1. The van der Waals surface area contributed by atoms with E-state index in [0.717, 1.165) is 8.26 Å². The number of amides is 1. The third-order valence-corrected chi connectivity index (χ3v) is 5.23. The molecule has 1 heterocycles. The van der Waals surface area contributed by atoms with Crippen LogP contribution in [-0.2, 0) is 0 Å². The van der Waals surface area contributed by atoms with E-state index < -0.39 is 0 Å². The molecule has 0 spiro atoms. The number of carbonyl (C=O) groups excluding carboxylic acids is 1. The molecule has 2 nitrogen and oxygen atoms in total. The fourth-order valence-electron chi connectivity index (χ4n) is 1.18. The molecule has 2 aromatic rings. The Kier molecular flexibility index (Phi) is 3.96. The van der Waals surface area contributed by atoms with Crippen LogP contribution in [0, 0.1) is 5.82 Å². The Labute approximate surface area is 118 Å². The van der Waals surface area contributed by atoms with Crippen LogP contribution in [0.25, 0.3) is 0 Å². The molecule has 17 heavy (non-hydrogen) atoms. The van der Waals surface area contributed by atoms with Crippen LogP contribution in [0.1, 0.15) is 9.67 Å². The lowest BCUT2D eigenvalue weighted by Crippen LogP contribution is -2.09. The molecule has 0 aliphatic rings. The Balaban J connectivity index is 2.14. The molecular formula is C11H6Br2FNOS. The highest BCUT2D eigenvalue weighted by molar-refractivity contribution is 9.13. The highest BCUT2D eigenvalue weighted by atomic mass is 79.9. The fourth-order valence-corrected chi connectivity index (χ4v) is 3.12. The number of hydrogen-bond acceptors (Lipinski definition) is 2. The molecule has 1 amide bonds. The fraction of sp³-hybridized carbons (Fsp3) is 0. The number of carbonyl (C=O) groups is 1. The summed E-state index contributed by atoms with van der Waals surface area (Å²) in [5, 5.41) is 2.69. The minimum absolute atomic E-state index is 0.215. The van der Waals surface area contributed by atoms with Crippen molar-refractivity contribution in [3.8, 4) is 0 Å². The molecule has 6 heteroatoms. The normalized spacial score (nSPS) is 10.3. The van der Waals surface area contributed by atoms with Crippen LogP contribution in [0.2, 0.25) is 0 Å². The number of halogens is 3. The van der Waals surface area contributed by atoms with Gasteiger partial charge in [0.05, 0.1) is 8.66 Å². The van der Waals surface area contributed by atoms with Crippen molar-refractivity contribution < 1.29 is 9.18 Å². The van der Waals surface area contributed by atoms with Gasteiger partial charge in [0.1, 0.15) is 5.82 Å². The summed E-state index contributed by atoms with van der Waals surface area (Å²) >= 11 is 7.96. The average Bonchev–Trinajstić information content (AvgIpc) is 2.63. The van der Waals surface area contributed by atoms with Gasteiger partial charge in [-0.3, -0.25) is 4.79 Å². The molecule has 1 aromatic carbocycles. The summed E-state index contributed by atoms with van der Waals surface area (Å²) in [6, 6.07) is 7.37. The van der Waals surface area contributed by atoms with Gasteiger partial charge < -0.3 is 5.32 Å². The zero-order valence-electron chi connectivity index (χ0n) is 8.34. The van der Waals surface area contributed by atoms with Crippen LogP contribution >= 0.6 is 43.2 Å². The van der Waals surface area contributed by atoms with Crippen molar-refractivity contribution >= 4 is 54.8 Å². The summed E-state index contributed by atoms with van der Waals surface area (Å²) in [6.45, 7) is 0. The number of nitrogens with one attached hydrogen (secondary N) is 1. The smallest absolute Gasteiger partial charge is 0.265 e. The largest absolute Gasteiger partial charge is 0.321 e. The summed E-state index contributed by atoms with van der Waals surface area (Å²) in [6.07, 6.45) is 0. The van der Waals surface area contributed by atoms with Gasteiger partial charge in [0.15, 0.2) is 0 Å². The van der Waals surface area contributed by atoms with Crippen LogP contribution in [0.3, 0.4) is 0 Å². The summed E-state index contributed by atoms with van der Waals surface area (Å²) in [7, 11) is 0. The van der Waals surface area contributed by atoms with E-state index in [1.165, 1.54) is 35.6 Å². The third-order valence-electron chi connectivity index (χ3n) is 1.97. The first-order valence-electron chi connectivity index (χ1n) is 4.58. The first-order chi connectivity index (χ1) is 8.06. The highest BCUT2D eigenvalue weighted by Gasteiger charge is 2.12. The number of thiophene rings is 1. The third kappa shape index (κ3) is 3.14. The van der Waals surface area contributed by atoms with E-state index in [1.807, 2.05) is 0 Å². The number of benzene rings is 1. The van der Waals surface area contributed by atoms with Crippen molar-refractivity contribution in [3.05, 3.63) is 49.3 Å². The zero-order valence-corrected chi connectivity index (χ0v) is 12.3. The molecule has 0 aliphatic carbocycles. The van der Waals surface area contributed by atoms with E-state index in [1.54, 1.807) is 6.07 Å². The average molecular weight is 379 g/mol. The lowest BCUT2D eigenvalue weighted by atomic mass is 10.3. The van der Waals surface area contributed by atoms with Gasteiger partial charge in [-0.2, -0.15) is 0 Å². The van der Waals surface area contributed by atoms with E-state index >= 15 is 0 Å². The molecule has 0 saturated heterocycles. The van der Waals surface area contributed by atoms with Crippen LogP contribution < -0.4 is 5.32 Å². The first-order valence-corrected chi connectivity index (χ1v) is 6.98. The Hall–Kier alpha value is -0.720. The maximum Gasteiger partial charge on any atom is 0.265 e. The van der Waals surface area contributed by atoms with Gasteiger partial charge >= 0.3 is 0 Å². The minimum atomic E-state index is -0.329. The first kappa shape index (κ1) is 12.7. The molecule has 0 unspecified atom stereocenters. The minimum Gasteiger partial charge on any atom is -0.321 e. The van der Waals surface area contributed by atoms with E-state index in [2.05, 4.69) is 37.2 Å². The molecule has 0 aliphatic heterocycles. The lowest BCUT2D eigenvalue weighted by Gasteiger charge is -2.02. The molecule has 2 rings (SSSR count). The van der Waals surface area contributed by atoms with Crippen molar-refractivity contribution in [2.75, 3.05) is 5.32 Å². The van der Waals surface area contributed by atoms with Gasteiger partial charge in [-0.25, -0.2) is 4.39 Å². The molecule has 0 bridgehead atoms.